The highest BCUT2D eigenvalue weighted by Gasteiger charge is 2.23. The van der Waals surface area contributed by atoms with Crippen molar-refractivity contribution in [3.8, 4) is 11.1 Å². The lowest BCUT2D eigenvalue weighted by atomic mass is 10.00. The lowest BCUT2D eigenvalue weighted by molar-refractivity contribution is -0.118. The van der Waals surface area contributed by atoms with Gasteiger partial charge in [0.15, 0.2) is 5.78 Å². The molecule has 0 atom stereocenters. The van der Waals surface area contributed by atoms with E-state index >= 15 is 0 Å². The summed E-state index contributed by atoms with van der Waals surface area (Å²) in [6.07, 6.45) is 1.44. The van der Waals surface area contributed by atoms with Gasteiger partial charge in [0.05, 0.1) is 0 Å². The van der Waals surface area contributed by atoms with Gasteiger partial charge in [-0.15, -0.1) is 0 Å². The first-order valence-corrected chi connectivity index (χ1v) is 7.65. The Morgan fingerprint density at radius 3 is 2.36 bits per heavy atom. The number of rotatable bonds is 3. The van der Waals surface area contributed by atoms with Crippen LogP contribution in [0.5, 0.6) is 0 Å². The molecule has 0 bridgehead atoms. The number of fused-ring (bicyclic) bond motifs is 1. The van der Waals surface area contributed by atoms with Crippen molar-refractivity contribution in [2.24, 2.45) is 0 Å². The molecule has 3 rings (SSSR count). The minimum Gasteiger partial charge on any atom is -0.312 e. The van der Waals surface area contributed by atoms with E-state index in [1.807, 2.05) is 48.2 Å². The van der Waals surface area contributed by atoms with Gasteiger partial charge in [0.1, 0.15) is 0 Å². The van der Waals surface area contributed by atoms with Gasteiger partial charge in [0.25, 0.3) is 0 Å². The molecule has 1 aliphatic rings. The number of carbonyl (C=O) groups excluding carboxylic acids is 2. The van der Waals surface area contributed by atoms with Gasteiger partial charge in [0, 0.05) is 24.2 Å². The second-order valence-corrected chi connectivity index (χ2v) is 5.63. The van der Waals surface area contributed by atoms with Crippen LogP contribution in [0.2, 0.25) is 0 Å². The summed E-state index contributed by atoms with van der Waals surface area (Å²) in [4.78, 5) is 25.1. The molecule has 0 radical (unpaired) electrons. The molecule has 112 valence electrons. The number of amides is 1. The van der Waals surface area contributed by atoms with Crippen molar-refractivity contribution in [3.05, 3.63) is 53.6 Å². The molecule has 0 aromatic heterocycles. The van der Waals surface area contributed by atoms with Crippen LogP contribution in [-0.4, -0.2) is 18.2 Å². The third-order valence-electron chi connectivity index (χ3n) is 4.20. The van der Waals surface area contributed by atoms with Crippen molar-refractivity contribution in [3.63, 3.8) is 0 Å². The third-order valence-corrected chi connectivity index (χ3v) is 4.20. The van der Waals surface area contributed by atoms with Gasteiger partial charge in [-0.3, -0.25) is 9.59 Å². The van der Waals surface area contributed by atoms with Gasteiger partial charge in [-0.1, -0.05) is 37.3 Å². The van der Waals surface area contributed by atoms with Crippen LogP contribution in [0.1, 0.15) is 36.2 Å². The SMILES string of the molecule is CCC(=O)N1CCc2cc(-c3ccc(C(C)=O)cc3)ccc21. The van der Waals surface area contributed by atoms with Crippen molar-refractivity contribution in [2.75, 3.05) is 11.4 Å². The van der Waals surface area contributed by atoms with E-state index in [0.29, 0.717) is 6.42 Å². The highest BCUT2D eigenvalue weighted by molar-refractivity contribution is 5.96. The molecule has 0 fully saturated rings. The van der Waals surface area contributed by atoms with Crippen molar-refractivity contribution < 1.29 is 9.59 Å². The molecule has 0 N–H and O–H groups in total. The quantitative estimate of drug-likeness (QED) is 0.806. The Kier molecular flexibility index (Phi) is 3.80. The number of hydrogen-bond donors (Lipinski definition) is 0. The van der Waals surface area contributed by atoms with E-state index in [9.17, 15) is 9.59 Å². The second-order valence-electron chi connectivity index (χ2n) is 5.63. The van der Waals surface area contributed by atoms with E-state index in [2.05, 4.69) is 6.07 Å². The Labute approximate surface area is 130 Å². The zero-order valence-corrected chi connectivity index (χ0v) is 12.9. The van der Waals surface area contributed by atoms with Gasteiger partial charge >= 0.3 is 0 Å². The number of hydrogen-bond acceptors (Lipinski definition) is 2. The predicted octanol–water partition coefficient (Wildman–Crippen LogP) is 3.86. The van der Waals surface area contributed by atoms with Crippen molar-refractivity contribution in [1.82, 2.24) is 0 Å². The molecule has 3 heteroatoms. The second kappa shape index (κ2) is 5.76. The third kappa shape index (κ3) is 2.54. The monoisotopic (exact) mass is 293 g/mol. The van der Waals surface area contributed by atoms with E-state index < -0.39 is 0 Å². The van der Waals surface area contributed by atoms with Crippen LogP contribution < -0.4 is 4.90 Å². The van der Waals surface area contributed by atoms with Gasteiger partial charge in [-0.05, 0) is 42.2 Å². The lowest BCUT2D eigenvalue weighted by Crippen LogP contribution is -2.27. The number of ketones is 1. The first-order valence-electron chi connectivity index (χ1n) is 7.65. The van der Waals surface area contributed by atoms with Gasteiger partial charge in [-0.25, -0.2) is 0 Å². The Morgan fingerprint density at radius 2 is 1.73 bits per heavy atom. The van der Waals surface area contributed by atoms with Crippen molar-refractivity contribution >= 4 is 17.4 Å². The predicted molar refractivity (Wildman–Crippen MR) is 88.2 cm³/mol. The number of benzene rings is 2. The van der Waals surface area contributed by atoms with Crippen molar-refractivity contribution in [1.29, 1.82) is 0 Å². The molecule has 2 aromatic carbocycles. The zero-order valence-electron chi connectivity index (χ0n) is 12.9. The fraction of sp³-hybridized carbons (Fsp3) is 0.263. The van der Waals surface area contributed by atoms with E-state index in [4.69, 9.17) is 0 Å². The minimum atomic E-state index is 0.0780. The van der Waals surface area contributed by atoms with Gasteiger partial charge < -0.3 is 4.90 Å². The summed E-state index contributed by atoms with van der Waals surface area (Å²) in [7, 11) is 0. The molecule has 0 saturated carbocycles. The van der Waals surface area contributed by atoms with Crippen LogP contribution in [-0.2, 0) is 11.2 Å². The average molecular weight is 293 g/mol. The van der Waals surface area contributed by atoms with Gasteiger partial charge in [-0.2, -0.15) is 0 Å². The minimum absolute atomic E-state index is 0.0780. The first kappa shape index (κ1) is 14.5. The topological polar surface area (TPSA) is 37.4 Å². The number of carbonyl (C=O) groups is 2. The molecule has 1 heterocycles. The normalized spacial score (nSPS) is 13.1. The summed E-state index contributed by atoms with van der Waals surface area (Å²) in [5.41, 5.74) is 5.20. The molecule has 1 aliphatic heterocycles. The molecule has 22 heavy (non-hydrogen) atoms. The molecule has 0 aliphatic carbocycles. The van der Waals surface area contributed by atoms with Crippen LogP contribution in [0.3, 0.4) is 0 Å². The van der Waals surface area contributed by atoms with E-state index in [0.717, 1.165) is 35.3 Å². The van der Waals surface area contributed by atoms with E-state index in [-0.39, 0.29) is 11.7 Å². The summed E-state index contributed by atoms with van der Waals surface area (Å²) in [6.45, 7) is 4.24. The summed E-state index contributed by atoms with van der Waals surface area (Å²) in [5.74, 6) is 0.256. The van der Waals surface area contributed by atoms with Crippen LogP contribution >= 0.6 is 0 Å². The lowest BCUT2D eigenvalue weighted by Gasteiger charge is -2.16. The van der Waals surface area contributed by atoms with Crippen LogP contribution in [0.4, 0.5) is 5.69 Å². The molecule has 2 aromatic rings. The van der Waals surface area contributed by atoms with Crippen LogP contribution in [0.25, 0.3) is 11.1 Å². The maximum Gasteiger partial charge on any atom is 0.226 e. The van der Waals surface area contributed by atoms with Crippen LogP contribution in [0, 0.1) is 0 Å². The Morgan fingerprint density at radius 1 is 1.05 bits per heavy atom. The standard InChI is InChI=1S/C19H19NO2/c1-3-19(22)20-11-10-17-12-16(8-9-18(17)20)15-6-4-14(5-7-15)13(2)21/h4-9,12H,3,10-11H2,1-2H3. The molecule has 3 nitrogen and oxygen atoms in total. The fourth-order valence-electron chi connectivity index (χ4n) is 2.93. The fourth-order valence-corrected chi connectivity index (χ4v) is 2.93. The largest absolute Gasteiger partial charge is 0.312 e. The summed E-state index contributed by atoms with van der Waals surface area (Å²) in [5, 5.41) is 0. The molecule has 0 unspecified atom stereocenters. The average Bonchev–Trinajstić information content (AvgIpc) is 2.97. The van der Waals surface area contributed by atoms with Crippen LogP contribution in [0.15, 0.2) is 42.5 Å². The highest BCUT2D eigenvalue weighted by atomic mass is 16.2. The van der Waals surface area contributed by atoms with Crippen molar-refractivity contribution in [2.45, 2.75) is 26.7 Å². The molecular formula is C19H19NO2. The summed E-state index contributed by atoms with van der Waals surface area (Å²) < 4.78 is 0. The Balaban J connectivity index is 1.91. The molecular weight excluding hydrogens is 274 g/mol. The maximum absolute atomic E-state index is 11.9. The maximum atomic E-state index is 11.9. The molecule has 0 saturated heterocycles. The zero-order chi connectivity index (χ0) is 15.7. The number of anilines is 1. The molecule has 0 spiro atoms. The van der Waals surface area contributed by atoms with Gasteiger partial charge in [0.2, 0.25) is 5.91 Å². The first-order chi connectivity index (χ1) is 10.6. The van der Waals surface area contributed by atoms with E-state index in [1.54, 1.807) is 6.92 Å². The highest BCUT2D eigenvalue weighted by Crippen LogP contribution is 2.32. The summed E-state index contributed by atoms with van der Waals surface area (Å²) in [6, 6.07) is 13.9. The smallest absolute Gasteiger partial charge is 0.226 e. The number of Topliss-reactive ketones (excluding diaryl/α,β-unsaturated/α-hetero) is 1. The Bertz CT molecular complexity index is 732. The summed E-state index contributed by atoms with van der Waals surface area (Å²) >= 11 is 0. The number of nitrogens with zero attached hydrogens (tertiary/aromatic N) is 1. The molecule has 1 amide bonds. The Hall–Kier alpha value is -2.42. The van der Waals surface area contributed by atoms with E-state index in [1.165, 1.54) is 5.56 Å².